The minimum atomic E-state index is -0.404. The molecule has 1 amide bonds. The van der Waals surface area contributed by atoms with Crippen LogP contribution in [-0.4, -0.2) is 10.9 Å². The van der Waals surface area contributed by atoms with E-state index in [0.29, 0.717) is 5.02 Å². The predicted molar refractivity (Wildman–Crippen MR) is 79.1 cm³/mol. The molecule has 0 spiro atoms. The van der Waals surface area contributed by atoms with Crippen molar-refractivity contribution in [2.45, 2.75) is 19.9 Å². The van der Waals surface area contributed by atoms with Gasteiger partial charge in [0.05, 0.1) is 6.04 Å². The van der Waals surface area contributed by atoms with E-state index in [9.17, 15) is 9.59 Å². The zero-order valence-electron chi connectivity index (χ0n) is 11.2. The summed E-state index contributed by atoms with van der Waals surface area (Å²) in [6.45, 7) is 3.60. The molecule has 0 radical (unpaired) electrons. The van der Waals surface area contributed by atoms with E-state index in [1.807, 2.05) is 19.1 Å². The number of halogens is 1. The van der Waals surface area contributed by atoms with Gasteiger partial charge in [-0.05, 0) is 31.5 Å². The van der Waals surface area contributed by atoms with Crippen molar-refractivity contribution >= 4 is 17.5 Å². The Morgan fingerprint density at radius 2 is 2.10 bits per heavy atom. The summed E-state index contributed by atoms with van der Waals surface area (Å²) in [6.07, 6.45) is 1.43. The molecule has 4 nitrogen and oxygen atoms in total. The first-order chi connectivity index (χ1) is 9.47. The van der Waals surface area contributed by atoms with Crippen molar-refractivity contribution in [3.05, 3.63) is 68.6 Å². The summed E-state index contributed by atoms with van der Waals surface area (Å²) in [6, 6.07) is 8.41. The Morgan fingerprint density at radius 3 is 2.75 bits per heavy atom. The van der Waals surface area contributed by atoms with Gasteiger partial charge in [0, 0.05) is 23.0 Å². The summed E-state index contributed by atoms with van der Waals surface area (Å²) in [7, 11) is 0. The molecule has 1 unspecified atom stereocenters. The fourth-order valence-electron chi connectivity index (χ4n) is 1.88. The van der Waals surface area contributed by atoms with E-state index >= 15 is 0 Å². The average molecular weight is 291 g/mol. The van der Waals surface area contributed by atoms with Gasteiger partial charge in [-0.25, -0.2) is 0 Å². The smallest absolute Gasteiger partial charge is 0.257 e. The molecule has 2 rings (SSSR count). The molecule has 2 N–H and O–H groups in total. The Hall–Kier alpha value is -2.07. The Balaban J connectivity index is 2.17. The number of H-pyrrole nitrogens is 1. The van der Waals surface area contributed by atoms with Crippen molar-refractivity contribution in [1.29, 1.82) is 0 Å². The molecule has 1 atom stereocenters. The van der Waals surface area contributed by atoms with Crippen molar-refractivity contribution in [3.63, 3.8) is 0 Å². The standard InChI is InChI=1S/C15H15ClN2O2/c1-9-6-14(19)13(8-17-9)15(20)18-10(2)11-4-3-5-12(16)7-11/h3-8,10H,1-2H3,(H,17,19)(H,18,20). The van der Waals surface area contributed by atoms with Crippen LogP contribution in [0.5, 0.6) is 0 Å². The molecule has 0 aliphatic rings. The second kappa shape index (κ2) is 5.92. The summed E-state index contributed by atoms with van der Waals surface area (Å²) in [5.41, 5.74) is 1.41. The number of benzene rings is 1. The number of rotatable bonds is 3. The average Bonchev–Trinajstić information content (AvgIpc) is 2.38. The maximum absolute atomic E-state index is 12.1. The predicted octanol–water partition coefficient (Wildman–Crippen LogP) is 2.83. The summed E-state index contributed by atoms with van der Waals surface area (Å²) < 4.78 is 0. The van der Waals surface area contributed by atoms with Crippen LogP contribution in [0.3, 0.4) is 0 Å². The topological polar surface area (TPSA) is 62.0 Å². The number of aryl methyl sites for hydroxylation is 1. The highest BCUT2D eigenvalue weighted by atomic mass is 35.5. The number of aromatic amines is 1. The molecule has 0 saturated carbocycles. The molecule has 0 aliphatic heterocycles. The number of hydrogen-bond donors (Lipinski definition) is 2. The van der Waals surface area contributed by atoms with Crippen LogP contribution in [0.4, 0.5) is 0 Å². The maximum atomic E-state index is 12.1. The van der Waals surface area contributed by atoms with Gasteiger partial charge in [-0.1, -0.05) is 23.7 Å². The Morgan fingerprint density at radius 1 is 1.35 bits per heavy atom. The van der Waals surface area contributed by atoms with Gasteiger partial charge in [-0.2, -0.15) is 0 Å². The van der Waals surface area contributed by atoms with E-state index in [2.05, 4.69) is 10.3 Å². The first-order valence-corrected chi connectivity index (χ1v) is 6.61. The second-order valence-electron chi connectivity index (χ2n) is 4.64. The SMILES string of the molecule is Cc1cc(=O)c(C(=O)NC(C)c2cccc(Cl)c2)c[nH]1. The van der Waals surface area contributed by atoms with E-state index in [0.717, 1.165) is 11.3 Å². The van der Waals surface area contributed by atoms with Gasteiger partial charge in [-0.3, -0.25) is 9.59 Å². The molecule has 0 saturated heterocycles. The van der Waals surface area contributed by atoms with E-state index in [1.54, 1.807) is 19.1 Å². The van der Waals surface area contributed by atoms with Gasteiger partial charge in [-0.15, -0.1) is 0 Å². The highest BCUT2D eigenvalue weighted by molar-refractivity contribution is 6.30. The van der Waals surface area contributed by atoms with Gasteiger partial charge >= 0.3 is 0 Å². The minimum Gasteiger partial charge on any atom is -0.364 e. The fraction of sp³-hybridized carbons (Fsp3) is 0.200. The lowest BCUT2D eigenvalue weighted by Gasteiger charge is -2.14. The molecule has 20 heavy (non-hydrogen) atoms. The lowest BCUT2D eigenvalue weighted by atomic mass is 10.1. The largest absolute Gasteiger partial charge is 0.364 e. The zero-order chi connectivity index (χ0) is 14.7. The van der Waals surface area contributed by atoms with E-state index in [4.69, 9.17) is 11.6 Å². The summed E-state index contributed by atoms with van der Waals surface area (Å²) in [4.78, 5) is 26.7. The van der Waals surface area contributed by atoms with Gasteiger partial charge in [0.1, 0.15) is 5.56 Å². The molecule has 1 aromatic heterocycles. The van der Waals surface area contributed by atoms with Crippen LogP contribution in [0.15, 0.2) is 41.3 Å². The summed E-state index contributed by atoms with van der Waals surface area (Å²) in [5.74, 6) is -0.404. The van der Waals surface area contributed by atoms with E-state index < -0.39 is 5.91 Å². The molecule has 0 aliphatic carbocycles. The quantitative estimate of drug-likeness (QED) is 0.913. The molecular weight excluding hydrogens is 276 g/mol. The monoisotopic (exact) mass is 290 g/mol. The van der Waals surface area contributed by atoms with Gasteiger partial charge < -0.3 is 10.3 Å². The van der Waals surface area contributed by atoms with Crippen molar-refractivity contribution in [1.82, 2.24) is 10.3 Å². The highest BCUT2D eigenvalue weighted by Crippen LogP contribution is 2.17. The lowest BCUT2D eigenvalue weighted by Crippen LogP contribution is -2.30. The molecule has 0 fully saturated rings. The molecule has 0 bridgehead atoms. The maximum Gasteiger partial charge on any atom is 0.257 e. The van der Waals surface area contributed by atoms with Crippen molar-refractivity contribution in [3.8, 4) is 0 Å². The van der Waals surface area contributed by atoms with Gasteiger partial charge in [0.2, 0.25) is 0 Å². The van der Waals surface area contributed by atoms with Gasteiger partial charge in [0.15, 0.2) is 5.43 Å². The number of carbonyl (C=O) groups excluding carboxylic acids is 1. The zero-order valence-corrected chi connectivity index (χ0v) is 12.0. The van der Waals surface area contributed by atoms with Gasteiger partial charge in [0.25, 0.3) is 5.91 Å². The minimum absolute atomic E-state index is 0.101. The number of nitrogens with one attached hydrogen (secondary N) is 2. The van der Waals surface area contributed by atoms with Crippen molar-refractivity contribution < 1.29 is 4.79 Å². The van der Waals surface area contributed by atoms with Crippen LogP contribution >= 0.6 is 11.6 Å². The van der Waals surface area contributed by atoms with E-state index in [-0.39, 0.29) is 17.0 Å². The normalized spacial score (nSPS) is 11.9. The first kappa shape index (κ1) is 14.3. The summed E-state index contributed by atoms with van der Waals surface area (Å²) in [5, 5.41) is 3.39. The number of amides is 1. The second-order valence-corrected chi connectivity index (χ2v) is 5.08. The third-order valence-corrected chi connectivity index (χ3v) is 3.23. The van der Waals surface area contributed by atoms with Crippen LogP contribution in [0.2, 0.25) is 5.02 Å². The third-order valence-electron chi connectivity index (χ3n) is 3.00. The summed E-state index contributed by atoms with van der Waals surface area (Å²) >= 11 is 5.92. The molecule has 1 aromatic carbocycles. The number of pyridine rings is 1. The molecule has 2 aromatic rings. The van der Waals surface area contributed by atoms with Crippen molar-refractivity contribution in [2.24, 2.45) is 0 Å². The highest BCUT2D eigenvalue weighted by Gasteiger charge is 2.14. The molecular formula is C15H15ClN2O2. The first-order valence-electron chi connectivity index (χ1n) is 6.23. The van der Waals surface area contributed by atoms with Crippen LogP contribution in [0.1, 0.15) is 34.6 Å². The lowest BCUT2D eigenvalue weighted by molar-refractivity contribution is 0.0938. The molecule has 104 valence electrons. The molecule has 1 heterocycles. The Bertz CT molecular complexity index is 694. The van der Waals surface area contributed by atoms with Crippen LogP contribution in [0.25, 0.3) is 0 Å². The Kier molecular flexibility index (Phi) is 4.25. The number of aromatic nitrogens is 1. The third kappa shape index (κ3) is 3.27. The fourth-order valence-corrected chi connectivity index (χ4v) is 2.08. The van der Waals surface area contributed by atoms with Crippen LogP contribution in [-0.2, 0) is 0 Å². The number of carbonyl (C=O) groups is 1. The Labute approximate surface area is 121 Å². The van der Waals surface area contributed by atoms with Crippen molar-refractivity contribution in [2.75, 3.05) is 0 Å². The van der Waals surface area contributed by atoms with Crippen LogP contribution < -0.4 is 10.7 Å². The number of hydrogen-bond acceptors (Lipinski definition) is 2. The van der Waals surface area contributed by atoms with E-state index in [1.165, 1.54) is 12.3 Å². The molecule has 5 heteroatoms. The van der Waals surface area contributed by atoms with Crippen LogP contribution in [0, 0.1) is 6.92 Å².